The van der Waals surface area contributed by atoms with Crippen LogP contribution in [0.15, 0.2) is 33.9 Å². The summed E-state index contributed by atoms with van der Waals surface area (Å²) in [6, 6.07) is 6.94. The number of carbonyl (C=O) groups excluding carboxylic acids is 3. The van der Waals surface area contributed by atoms with Gasteiger partial charge in [-0.25, -0.2) is 4.79 Å². The Morgan fingerprint density at radius 3 is 2.55 bits per heavy atom. The Bertz CT molecular complexity index is 1190. The molecule has 0 saturated heterocycles. The number of rotatable bonds is 7. The Kier molecular flexibility index (Phi) is 7.53. The molecule has 0 spiro atoms. The molecule has 0 radical (unpaired) electrons. The first-order valence-corrected chi connectivity index (χ1v) is 11.1. The van der Waals surface area contributed by atoms with Crippen molar-refractivity contribution in [1.82, 2.24) is 14.9 Å². The minimum absolute atomic E-state index is 0.0445. The lowest BCUT2D eigenvalue weighted by molar-refractivity contribution is -0.157. The van der Waals surface area contributed by atoms with E-state index in [1.807, 2.05) is 0 Å². The van der Waals surface area contributed by atoms with Gasteiger partial charge in [-0.2, -0.15) is 0 Å². The van der Waals surface area contributed by atoms with Gasteiger partial charge in [0.1, 0.15) is 5.54 Å². The molecule has 1 atom stereocenters. The number of esters is 1. The predicted molar refractivity (Wildman–Crippen MR) is 121 cm³/mol. The molecule has 1 aromatic heterocycles. The standard InChI is InChI=1S/C23H26ClN3O6/c1-14-15(21(31)26-22(32)25-14)10-11-20(30)33-13-19(29)27(2)23(12-6-5-9-18(23)28)16-7-3-4-8-17(16)24/h3-4,7-8H,5-6,9-13H2,1-2H3,(H2,25,26,31,32)/t23-/m0/s1. The molecule has 33 heavy (non-hydrogen) atoms. The van der Waals surface area contributed by atoms with Crippen LogP contribution < -0.4 is 11.2 Å². The van der Waals surface area contributed by atoms with E-state index >= 15 is 0 Å². The van der Waals surface area contributed by atoms with Crippen LogP contribution in [0.4, 0.5) is 0 Å². The number of halogens is 1. The molecule has 0 unspecified atom stereocenters. The minimum Gasteiger partial charge on any atom is -0.456 e. The van der Waals surface area contributed by atoms with E-state index in [1.165, 1.54) is 11.9 Å². The summed E-state index contributed by atoms with van der Waals surface area (Å²) in [5.74, 6) is -1.31. The third-order valence-corrected chi connectivity index (χ3v) is 6.44. The van der Waals surface area contributed by atoms with Crippen LogP contribution in [0, 0.1) is 6.92 Å². The molecule has 1 heterocycles. The zero-order chi connectivity index (χ0) is 24.2. The zero-order valence-corrected chi connectivity index (χ0v) is 19.3. The highest BCUT2D eigenvalue weighted by molar-refractivity contribution is 6.31. The fourth-order valence-corrected chi connectivity index (χ4v) is 4.60. The molecule has 0 bridgehead atoms. The number of hydrogen-bond acceptors (Lipinski definition) is 6. The smallest absolute Gasteiger partial charge is 0.325 e. The van der Waals surface area contributed by atoms with E-state index in [9.17, 15) is 24.0 Å². The first-order valence-electron chi connectivity index (χ1n) is 10.7. The highest BCUT2D eigenvalue weighted by Crippen LogP contribution is 2.42. The number of nitrogens with one attached hydrogen (secondary N) is 2. The molecule has 1 aliphatic rings. The maximum Gasteiger partial charge on any atom is 0.325 e. The van der Waals surface area contributed by atoms with Crippen molar-refractivity contribution >= 4 is 29.3 Å². The van der Waals surface area contributed by atoms with E-state index in [4.69, 9.17) is 16.3 Å². The summed E-state index contributed by atoms with van der Waals surface area (Å²) in [5.41, 5.74) is -1.21. The lowest BCUT2D eigenvalue weighted by atomic mass is 9.74. The molecule has 1 amide bonds. The number of H-pyrrole nitrogens is 2. The van der Waals surface area contributed by atoms with Crippen LogP contribution >= 0.6 is 11.6 Å². The number of likely N-dealkylation sites (N-methyl/N-ethyl adjacent to an activating group) is 1. The minimum atomic E-state index is -1.21. The van der Waals surface area contributed by atoms with Crippen LogP contribution in [0.25, 0.3) is 0 Å². The molecule has 3 rings (SSSR count). The molecule has 0 aliphatic heterocycles. The first kappa shape index (κ1) is 24.4. The van der Waals surface area contributed by atoms with E-state index in [0.29, 0.717) is 29.1 Å². The largest absolute Gasteiger partial charge is 0.456 e. The molecule has 2 aromatic rings. The van der Waals surface area contributed by atoms with E-state index in [1.54, 1.807) is 31.2 Å². The number of ketones is 1. The number of Topliss-reactive ketones (excluding diaryl/α,β-unsaturated/α-hetero) is 1. The van der Waals surface area contributed by atoms with Crippen molar-refractivity contribution in [1.29, 1.82) is 0 Å². The SMILES string of the molecule is Cc1[nH]c(=O)[nH]c(=O)c1CCC(=O)OCC(=O)N(C)[C@]1(c2ccccc2Cl)CCCCC1=O. The second kappa shape index (κ2) is 10.2. The average Bonchev–Trinajstić information content (AvgIpc) is 2.77. The maximum absolute atomic E-state index is 13.1. The summed E-state index contributed by atoms with van der Waals surface area (Å²) in [6.45, 7) is 1.01. The second-order valence-electron chi connectivity index (χ2n) is 8.10. The molecule has 1 saturated carbocycles. The quantitative estimate of drug-likeness (QED) is 0.589. The lowest BCUT2D eigenvalue weighted by Crippen LogP contribution is -2.55. The number of ether oxygens (including phenoxy) is 1. The molecule has 2 N–H and O–H groups in total. The third-order valence-electron chi connectivity index (χ3n) is 6.11. The lowest BCUT2D eigenvalue weighted by Gasteiger charge is -2.43. The van der Waals surface area contributed by atoms with Gasteiger partial charge in [-0.1, -0.05) is 29.8 Å². The molecular weight excluding hydrogens is 450 g/mol. The van der Waals surface area contributed by atoms with E-state index in [0.717, 1.165) is 12.8 Å². The predicted octanol–water partition coefficient (Wildman–Crippen LogP) is 2.00. The van der Waals surface area contributed by atoms with Gasteiger partial charge < -0.3 is 14.6 Å². The number of carbonyl (C=O) groups is 3. The Balaban J connectivity index is 1.69. The Labute approximate surface area is 195 Å². The molecule has 1 aromatic carbocycles. The van der Waals surface area contributed by atoms with Gasteiger partial charge in [0.2, 0.25) is 0 Å². The zero-order valence-electron chi connectivity index (χ0n) is 18.5. The summed E-state index contributed by atoms with van der Waals surface area (Å²) in [6.07, 6.45) is 2.15. The van der Waals surface area contributed by atoms with Gasteiger partial charge in [-0.3, -0.25) is 24.2 Å². The molecule has 176 valence electrons. The Morgan fingerprint density at radius 2 is 1.88 bits per heavy atom. The Hall–Kier alpha value is -3.20. The molecular formula is C23H26ClN3O6. The second-order valence-corrected chi connectivity index (χ2v) is 8.50. The van der Waals surface area contributed by atoms with Crippen molar-refractivity contribution in [3.63, 3.8) is 0 Å². The third kappa shape index (κ3) is 5.08. The molecule has 1 aliphatic carbocycles. The summed E-state index contributed by atoms with van der Waals surface area (Å²) in [7, 11) is 1.52. The van der Waals surface area contributed by atoms with Crippen molar-refractivity contribution in [3.8, 4) is 0 Å². The number of aromatic nitrogens is 2. The maximum atomic E-state index is 13.1. The van der Waals surface area contributed by atoms with E-state index < -0.39 is 35.3 Å². The van der Waals surface area contributed by atoms with Crippen molar-refractivity contribution in [2.45, 2.75) is 51.0 Å². The van der Waals surface area contributed by atoms with Gasteiger partial charge in [0.25, 0.3) is 11.5 Å². The van der Waals surface area contributed by atoms with Gasteiger partial charge in [-0.05, 0) is 38.7 Å². The number of amides is 1. The van der Waals surface area contributed by atoms with Crippen molar-refractivity contribution in [2.75, 3.05) is 13.7 Å². The van der Waals surface area contributed by atoms with Gasteiger partial charge in [0.05, 0.1) is 0 Å². The summed E-state index contributed by atoms with van der Waals surface area (Å²) < 4.78 is 5.13. The monoisotopic (exact) mass is 475 g/mol. The summed E-state index contributed by atoms with van der Waals surface area (Å²) in [5, 5.41) is 0.394. The van der Waals surface area contributed by atoms with Crippen LogP contribution in [0.2, 0.25) is 5.02 Å². The van der Waals surface area contributed by atoms with Crippen LogP contribution in [0.1, 0.15) is 48.9 Å². The van der Waals surface area contributed by atoms with Gasteiger partial charge >= 0.3 is 11.7 Å². The van der Waals surface area contributed by atoms with Crippen LogP contribution in [-0.2, 0) is 31.1 Å². The number of hydrogen-bond donors (Lipinski definition) is 2. The van der Waals surface area contributed by atoms with Gasteiger partial charge in [-0.15, -0.1) is 0 Å². The fourth-order valence-electron chi connectivity index (χ4n) is 4.31. The molecule has 10 heteroatoms. The van der Waals surface area contributed by atoms with Gasteiger partial charge in [0, 0.05) is 41.7 Å². The number of aromatic amines is 2. The fraction of sp³-hybridized carbons (Fsp3) is 0.435. The average molecular weight is 476 g/mol. The van der Waals surface area contributed by atoms with Crippen LogP contribution in [0.3, 0.4) is 0 Å². The first-order chi connectivity index (χ1) is 15.7. The molecule has 9 nitrogen and oxygen atoms in total. The summed E-state index contributed by atoms with van der Waals surface area (Å²) >= 11 is 6.40. The van der Waals surface area contributed by atoms with Crippen molar-refractivity contribution < 1.29 is 19.1 Å². The molecule has 1 fully saturated rings. The van der Waals surface area contributed by atoms with Crippen molar-refractivity contribution in [2.24, 2.45) is 0 Å². The normalized spacial score (nSPS) is 18.1. The Morgan fingerprint density at radius 1 is 1.15 bits per heavy atom. The van der Waals surface area contributed by atoms with Gasteiger partial charge in [0.15, 0.2) is 12.4 Å². The topological polar surface area (TPSA) is 129 Å². The highest BCUT2D eigenvalue weighted by atomic mass is 35.5. The van der Waals surface area contributed by atoms with Crippen LogP contribution in [-0.4, -0.2) is 46.2 Å². The number of benzene rings is 1. The van der Waals surface area contributed by atoms with E-state index in [-0.39, 0.29) is 24.2 Å². The van der Waals surface area contributed by atoms with Crippen LogP contribution in [0.5, 0.6) is 0 Å². The van der Waals surface area contributed by atoms with E-state index in [2.05, 4.69) is 9.97 Å². The number of nitrogens with zero attached hydrogens (tertiary/aromatic N) is 1. The highest BCUT2D eigenvalue weighted by Gasteiger charge is 2.47. The summed E-state index contributed by atoms with van der Waals surface area (Å²) in [4.78, 5) is 67.3. The van der Waals surface area contributed by atoms with Crippen molar-refractivity contribution in [3.05, 3.63) is 66.9 Å². The number of aryl methyl sites for hydroxylation is 1.